The summed E-state index contributed by atoms with van der Waals surface area (Å²) in [5.74, 6) is 1.91. The highest BCUT2D eigenvalue weighted by atomic mass is 127. The molecule has 2 rings (SSSR count). The number of hydrogen-bond donors (Lipinski definition) is 2. The normalized spacial score (nSPS) is 23.8. The molecule has 1 heterocycles. The molecule has 0 aromatic carbocycles. The standard InChI is InChI=1S/C17H34N4S.HI/c1-17(2,22-4)13-19-16(18-3)20-15-9-10-21(12-15)11-14-7-5-6-8-14;/h14-15H,5-13H2,1-4H3,(H2,18,19,20);1H. The van der Waals surface area contributed by atoms with Gasteiger partial charge in [0.15, 0.2) is 5.96 Å². The van der Waals surface area contributed by atoms with Crippen LogP contribution in [-0.4, -0.2) is 61.1 Å². The number of guanidine groups is 1. The lowest BCUT2D eigenvalue weighted by Crippen LogP contribution is -2.47. The second kappa shape index (κ2) is 10.3. The Balaban J connectivity index is 0.00000264. The van der Waals surface area contributed by atoms with E-state index in [4.69, 9.17) is 0 Å². The fourth-order valence-corrected chi connectivity index (χ4v) is 3.65. The summed E-state index contributed by atoms with van der Waals surface area (Å²) in [5.41, 5.74) is 0. The van der Waals surface area contributed by atoms with Crippen molar-refractivity contribution in [2.75, 3.05) is 39.5 Å². The molecule has 2 aliphatic rings. The molecule has 1 saturated carbocycles. The predicted molar refractivity (Wildman–Crippen MR) is 114 cm³/mol. The molecule has 1 aliphatic heterocycles. The van der Waals surface area contributed by atoms with Crippen LogP contribution in [0.3, 0.4) is 0 Å². The van der Waals surface area contributed by atoms with E-state index in [1.54, 1.807) is 0 Å². The van der Waals surface area contributed by atoms with Crippen LogP contribution in [0.5, 0.6) is 0 Å². The largest absolute Gasteiger partial charge is 0.355 e. The molecule has 0 spiro atoms. The highest BCUT2D eigenvalue weighted by Crippen LogP contribution is 2.26. The van der Waals surface area contributed by atoms with E-state index in [2.05, 4.69) is 40.6 Å². The molecule has 1 atom stereocenters. The van der Waals surface area contributed by atoms with E-state index in [1.807, 2.05) is 18.8 Å². The predicted octanol–water partition coefficient (Wildman–Crippen LogP) is 3.18. The van der Waals surface area contributed by atoms with Crippen molar-refractivity contribution in [1.29, 1.82) is 0 Å². The third-order valence-corrected chi connectivity index (χ3v) is 6.31. The smallest absolute Gasteiger partial charge is 0.191 e. The lowest BCUT2D eigenvalue weighted by Gasteiger charge is -2.25. The average molecular weight is 454 g/mol. The molecule has 0 bridgehead atoms. The highest BCUT2D eigenvalue weighted by Gasteiger charge is 2.26. The average Bonchev–Trinajstić information content (AvgIpc) is 3.16. The Labute approximate surface area is 164 Å². The van der Waals surface area contributed by atoms with Crippen LogP contribution in [0, 0.1) is 5.92 Å². The lowest BCUT2D eigenvalue weighted by atomic mass is 10.1. The number of nitrogens with one attached hydrogen (secondary N) is 2. The van der Waals surface area contributed by atoms with Crippen molar-refractivity contribution in [3.8, 4) is 0 Å². The second-order valence-corrected chi connectivity index (χ2v) is 8.94. The molecule has 6 heteroatoms. The zero-order chi connectivity index (χ0) is 16.0. The van der Waals surface area contributed by atoms with Gasteiger partial charge in [0.2, 0.25) is 0 Å². The van der Waals surface area contributed by atoms with E-state index in [0.29, 0.717) is 6.04 Å². The van der Waals surface area contributed by atoms with Crippen LogP contribution in [0.15, 0.2) is 4.99 Å². The summed E-state index contributed by atoms with van der Waals surface area (Å²) in [6.45, 7) is 9.17. The molecular weight excluding hydrogens is 419 g/mol. The minimum atomic E-state index is 0. The third-order valence-electron chi connectivity index (χ3n) is 5.06. The zero-order valence-electron chi connectivity index (χ0n) is 15.2. The van der Waals surface area contributed by atoms with Crippen LogP contribution in [0.4, 0.5) is 0 Å². The number of nitrogens with zero attached hydrogens (tertiary/aromatic N) is 2. The molecule has 23 heavy (non-hydrogen) atoms. The van der Waals surface area contributed by atoms with Crippen LogP contribution < -0.4 is 10.6 Å². The van der Waals surface area contributed by atoms with E-state index in [9.17, 15) is 0 Å². The zero-order valence-corrected chi connectivity index (χ0v) is 18.4. The minimum absolute atomic E-state index is 0. The number of halogens is 1. The van der Waals surface area contributed by atoms with E-state index in [0.717, 1.165) is 18.4 Å². The van der Waals surface area contributed by atoms with Crippen LogP contribution in [0.25, 0.3) is 0 Å². The Hall–Kier alpha value is 0.310. The molecule has 4 nitrogen and oxygen atoms in total. The van der Waals surface area contributed by atoms with Gasteiger partial charge >= 0.3 is 0 Å². The maximum Gasteiger partial charge on any atom is 0.191 e. The van der Waals surface area contributed by atoms with Gasteiger partial charge in [0.25, 0.3) is 0 Å². The maximum absolute atomic E-state index is 4.38. The highest BCUT2D eigenvalue weighted by molar-refractivity contribution is 14.0. The lowest BCUT2D eigenvalue weighted by molar-refractivity contribution is 0.275. The van der Waals surface area contributed by atoms with Crippen LogP contribution in [0.2, 0.25) is 0 Å². The van der Waals surface area contributed by atoms with Gasteiger partial charge in [0.05, 0.1) is 0 Å². The molecule has 0 amide bonds. The van der Waals surface area contributed by atoms with Crippen molar-refractivity contribution >= 4 is 41.7 Å². The summed E-state index contributed by atoms with van der Waals surface area (Å²) in [7, 11) is 1.87. The Morgan fingerprint density at radius 2 is 1.96 bits per heavy atom. The summed E-state index contributed by atoms with van der Waals surface area (Å²) in [5, 5.41) is 7.08. The van der Waals surface area contributed by atoms with Gasteiger partial charge in [0, 0.05) is 44.0 Å². The van der Waals surface area contributed by atoms with Crippen molar-refractivity contribution in [2.24, 2.45) is 10.9 Å². The van der Waals surface area contributed by atoms with Crippen LogP contribution in [0.1, 0.15) is 46.0 Å². The molecule has 1 aliphatic carbocycles. The fraction of sp³-hybridized carbons (Fsp3) is 0.941. The summed E-state index contributed by atoms with van der Waals surface area (Å²) in [4.78, 5) is 7.03. The van der Waals surface area contributed by atoms with Gasteiger partial charge < -0.3 is 15.5 Å². The molecule has 0 aromatic heterocycles. The van der Waals surface area contributed by atoms with Gasteiger partial charge in [-0.2, -0.15) is 11.8 Å². The number of hydrogen-bond acceptors (Lipinski definition) is 3. The van der Waals surface area contributed by atoms with E-state index in [-0.39, 0.29) is 28.7 Å². The van der Waals surface area contributed by atoms with Crippen molar-refractivity contribution in [2.45, 2.75) is 56.7 Å². The summed E-state index contributed by atoms with van der Waals surface area (Å²) >= 11 is 1.89. The molecule has 2 N–H and O–H groups in total. The Morgan fingerprint density at radius 1 is 1.26 bits per heavy atom. The van der Waals surface area contributed by atoms with Gasteiger partial charge in [-0.25, -0.2) is 0 Å². The molecule has 2 fully saturated rings. The number of likely N-dealkylation sites (tertiary alicyclic amines) is 1. The fourth-order valence-electron chi connectivity index (χ4n) is 3.43. The van der Waals surface area contributed by atoms with Gasteiger partial charge in [-0.3, -0.25) is 4.99 Å². The first kappa shape index (κ1) is 21.4. The molecule has 136 valence electrons. The topological polar surface area (TPSA) is 39.7 Å². The molecular formula is C17H35IN4S. The van der Waals surface area contributed by atoms with Gasteiger partial charge in [-0.05, 0) is 45.3 Å². The molecule has 1 unspecified atom stereocenters. The quantitative estimate of drug-likeness (QED) is 0.368. The van der Waals surface area contributed by atoms with Crippen LogP contribution >= 0.6 is 35.7 Å². The van der Waals surface area contributed by atoms with Gasteiger partial charge in [-0.15, -0.1) is 24.0 Å². The first-order valence-electron chi connectivity index (χ1n) is 8.77. The minimum Gasteiger partial charge on any atom is -0.355 e. The van der Waals surface area contributed by atoms with Gasteiger partial charge in [0.1, 0.15) is 0 Å². The maximum atomic E-state index is 4.38. The monoisotopic (exact) mass is 454 g/mol. The number of aliphatic imine (C=N–C) groups is 1. The van der Waals surface area contributed by atoms with Crippen molar-refractivity contribution in [1.82, 2.24) is 15.5 Å². The summed E-state index contributed by atoms with van der Waals surface area (Å²) < 4.78 is 0.238. The number of thioether (sulfide) groups is 1. The SMILES string of the molecule is CN=C(NCC(C)(C)SC)NC1CCN(CC2CCCC2)C1.I. The Morgan fingerprint density at radius 3 is 2.57 bits per heavy atom. The third kappa shape index (κ3) is 7.38. The van der Waals surface area contributed by atoms with E-state index >= 15 is 0 Å². The van der Waals surface area contributed by atoms with Crippen molar-refractivity contribution in [3.63, 3.8) is 0 Å². The molecule has 0 radical (unpaired) electrons. The Bertz CT molecular complexity index is 370. The summed E-state index contributed by atoms with van der Waals surface area (Å²) in [6.07, 6.45) is 9.18. The Kier molecular flexibility index (Phi) is 9.59. The van der Waals surface area contributed by atoms with Crippen LogP contribution in [-0.2, 0) is 0 Å². The van der Waals surface area contributed by atoms with E-state index < -0.39 is 0 Å². The first-order chi connectivity index (χ1) is 10.5. The second-order valence-electron chi connectivity index (χ2n) is 7.43. The van der Waals surface area contributed by atoms with Crippen molar-refractivity contribution < 1.29 is 0 Å². The number of rotatable bonds is 6. The first-order valence-corrected chi connectivity index (χ1v) is 9.99. The summed E-state index contributed by atoms with van der Waals surface area (Å²) in [6, 6.07) is 0.546. The van der Waals surface area contributed by atoms with Gasteiger partial charge in [-0.1, -0.05) is 12.8 Å². The molecule has 1 saturated heterocycles. The molecule has 0 aromatic rings. The van der Waals surface area contributed by atoms with E-state index in [1.165, 1.54) is 51.7 Å². The van der Waals surface area contributed by atoms with Crippen molar-refractivity contribution in [3.05, 3.63) is 0 Å².